The molecule has 1 atom stereocenters. The molecule has 1 rings (SSSR count). The highest BCUT2D eigenvalue weighted by atomic mass is 16.5. The Morgan fingerprint density at radius 2 is 2.33 bits per heavy atom. The summed E-state index contributed by atoms with van der Waals surface area (Å²) in [6, 6.07) is 2.02. The van der Waals surface area contributed by atoms with Gasteiger partial charge in [0.2, 0.25) is 0 Å². The molecule has 0 aromatic carbocycles. The van der Waals surface area contributed by atoms with Crippen LogP contribution in [0.4, 0.5) is 5.82 Å². The number of nitrogen functional groups attached to an aromatic ring is 1. The molecule has 1 heterocycles. The Morgan fingerprint density at radius 1 is 1.60 bits per heavy atom. The Kier molecular flexibility index (Phi) is 4.12. The van der Waals surface area contributed by atoms with Gasteiger partial charge >= 0.3 is 0 Å². The van der Waals surface area contributed by atoms with E-state index in [1.165, 1.54) is 0 Å². The maximum Gasteiger partial charge on any atom is 0.166 e. The van der Waals surface area contributed by atoms with Crippen molar-refractivity contribution in [2.75, 3.05) is 12.8 Å². The van der Waals surface area contributed by atoms with Gasteiger partial charge in [-0.1, -0.05) is 12.2 Å². The Bertz CT molecular complexity index is 348. The fourth-order valence-corrected chi connectivity index (χ4v) is 1.14. The second kappa shape index (κ2) is 5.36. The molecular formula is C11H17N3O. The summed E-state index contributed by atoms with van der Waals surface area (Å²) in [7, 11) is 1.57. The average Bonchev–Trinajstić information content (AvgIpc) is 2.20. The van der Waals surface area contributed by atoms with E-state index in [1.54, 1.807) is 13.3 Å². The van der Waals surface area contributed by atoms with Crippen LogP contribution in [0.15, 0.2) is 18.3 Å². The lowest BCUT2D eigenvalue weighted by atomic mass is 10.2. The molecule has 0 radical (unpaired) electrons. The lowest BCUT2D eigenvalue weighted by Gasteiger charge is -2.03. The molecule has 15 heavy (non-hydrogen) atoms. The van der Waals surface area contributed by atoms with Crippen LogP contribution in [0.5, 0.6) is 5.75 Å². The van der Waals surface area contributed by atoms with Crippen LogP contribution in [0.1, 0.15) is 18.9 Å². The number of methoxy groups -OCH3 is 1. The minimum Gasteiger partial charge on any atom is -0.493 e. The molecule has 4 N–H and O–H groups in total. The molecule has 1 aromatic rings. The summed E-state index contributed by atoms with van der Waals surface area (Å²) < 4.78 is 5.07. The third-order valence-electron chi connectivity index (χ3n) is 1.94. The summed E-state index contributed by atoms with van der Waals surface area (Å²) in [5, 5.41) is 0. The van der Waals surface area contributed by atoms with Gasteiger partial charge in [-0.3, -0.25) is 0 Å². The van der Waals surface area contributed by atoms with E-state index in [1.807, 2.05) is 25.1 Å². The van der Waals surface area contributed by atoms with Crippen molar-refractivity contribution in [1.82, 2.24) is 4.98 Å². The van der Waals surface area contributed by atoms with E-state index in [0.717, 1.165) is 12.0 Å². The molecule has 0 aliphatic heterocycles. The van der Waals surface area contributed by atoms with Crippen molar-refractivity contribution >= 4 is 11.9 Å². The number of aromatic nitrogens is 1. The lowest BCUT2D eigenvalue weighted by molar-refractivity contribution is 0.415. The summed E-state index contributed by atoms with van der Waals surface area (Å²) in [5.41, 5.74) is 12.2. The van der Waals surface area contributed by atoms with Crippen molar-refractivity contribution in [1.29, 1.82) is 0 Å². The van der Waals surface area contributed by atoms with Crippen LogP contribution in [0, 0.1) is 0 Å². The Labute approximate surface area is 89.9 Å². The largest absolute Gasteiger partial charge is 0.493 e. The molecule has 0 bridgehead atoms. The number of hydrogen-bond donors (Lipinski definition) is 2. The molecule has 4 nitrogen and oxygen atoms in total. The second-order valence-corrected chi connectivity index (χ2v) is 3.47. The van der Waals surface area contributed by atoms with Crippen LogP contribution in [-0.4, -0.2) is 18.1 Å². The predicted molar refractivity (Wildman–Crippen MR) is 62.5 cm³/mol. The van der Waals surface area contributed by atoms with Crippen molar-refractivity contribution in [3.63, 3.8) is 0 Å². The zero-order valence-electron chi connectivity index (χ0n) is 9.10. The van der Waals surface area contributed by atoms with E-state index in [-0.39, 0.29) is 6.04 Å². The van der Waals surface area contributed by atoms with Crippen LogP contribution in [-0.2, 0) is 0 Å². The first kappa shape index (κ1) is 11.5. The quantitative estimate of drug-likeness (QED) is 0.783. The number of nitrogens with two attached hydrogens (primary N) is 2. The molecular weight excluding hydrogens is 190 g/mol. The number of hydrogen-bond acceptors (Lipinski definition) is 4. The summed E-state index contributed by atoms with van der Waals surface area (Å²) >= 11 is 0. The SMILES string of the molecule is COc1cc(/C=C/C[C@H](C)N)cnc1N. The molecule has 82 valence electrons. The van der Waals surface area contributed by atoms with E-state index in [2.05, 4.69) is 4.98 Å². The first-order valence-corrected chi connectivity index (χ1v) is 4.85. The van der Waals surface area contributed by atoms with E-state index in [4.69, 9.17) is 16.2 Å². The van der Waals surface area contributed by atoms with Gasteiger partial charge in [0, 0.05) is 12.2 Å². The van der Waals surface area contributed by atoms with E-state index in [0.29, 0.717) is 11.6 Å². The lowest BCUT2D eigenvalue weighted by Crippen LogP contribution is -2.12. The third kappa shape index (κ3) is 3.59. The normalized spacial score (nSPS) is 13.0. The van der Waals surface area contributed by atoms with Gasteiger partial charge in [-0.25, -0.2) is 4.98 Å². The monoisotopic (exact) mass is 207 g/mol. The van der Waals surface area contributed by atoms with E-state index in [9.17, 15) is 0 Å². The molecule has 1 aromatic heterocycles. The molecule has 0 amide bonds. The highest BCUT2D eigenvalue weighted by molar-refractivity contribution is 5.56. The fraction of sp³-hybridized carbons (Fsp3) is 0.364. The van der Waals surface area contributed by atoms with Crippen LogP contribution < -0.4 is 16.2 Å². The van der Waals surface area contributed by atoms with Crippen molar-refractivity contribution in [2.24, 2.45) is 5.73 Å². The molecule has 4 heteroatoms. The van der Waals surface area contributed by atoms with Gasteiger partial charge in [0.05, 0.1) is 7.11 Å². The molecule has 0 saturated carbocycles. The highest BCUT2D eigenvalue weighted by Crippen LogP contribution is 2.19. The van der Waals surface area contributed by atoms with Crippen molar-refractivity contribution in [2.45, 2.75) is 19.4 Å². The zero-order valence-corrected chi connectivity index (χ0v) is 9.10. The average molecular weight is 207 g/mol. The first-order chi connectivity index (χ1) is 7.13. The molecule has 0 fully saturated rings. The maximum atomic E-state index is 5.63. The number of anilines is 1. The van der Waals surface area contributed by atoms with Crippen LogP contribution in [0.25, 0.3) is 6.08 Å². The van der Waals surface area contributed by atoms with Gasteiger partial charge in [0.1, 0.15) is 0 Å². The molecule has 0 spiro atoms. The minimum atomic E-state index is 0.171. The van der Waals surface area contributed by atoms with Crippen LogP contribution >= 0.6 is 0 Å². The molecule has 0 saturated heterocycles. The van der Waals surface area contributed by atoms with E-state index >= 15 is 0 Å². The van der Waals surface area contributed by atoms with Crippen molar-refractivity contribution in [3.05, 3.63) is 23.9 Å². The maximum absolute atomic E-state index is 5.63. The number of pyridine rings is 1. The summed E-state index contributed by atoms with van der Waals surface area (Å²) in [6.07, 6.45) is 6.51. The van der Waals surface area contributed by atoms with Gasteiger partial charge < -0.3 is 16.2 Å². The van der Waals surface area contributed by atoms with Crippen molar-refractivity contribution in [3.8, 4) is 5.75 Å². The van der Waals surface area contributed by atoms with E-state index < -0.39 is 0 Å². The number of nitrogens with zero attached hydrogens (tertiary/aromatic N) is 1. The third-order valence-corrected chi connectivity index (χ3v) is 1.94. The second-order valence-electron chi connectivity index (χ2n) is 3.47. The molecule has 0 aliphatic carbocycles. The highest BCUT2D eigenvalue weighted by Gasteiger charge is 1.99. The van der Waals surface area contributed by atoms with Crippen LogP contribution in [0.2, 0.25) is 0 Å². The van der Waals surface area contributed by atoms with Gasteiger partial charge in [0.25, 0.3) is 0 Å². The summed E-state index contributed by atoms with van der Waals surface area (Å²) in [4.78, 5) is 4.02. The number of ether oxygens (including phenoxy) is 1. The topological polar surface area (TPSA) is 74.2 Å². The van der Waals surface area contributed by atoms with Gasteiger partial charge in [0.15, 0.2) is 11.6 Å². The summed E-state index contributed by atoms with van der Waals surface area (Å²) in [6.45, 7) is 1.96. The van der Waals surface area contributed by atoms with Gasteiger partial charge in [-0.15, -0.1) is 0 Å². The van der Waals surface area contributed by atoms with Crippen LogP contribution in [0.3, 0.4) is 0 Å². The Balaban J connectivity index is 2.74. The zero-order chi connectivity index (χ0) is 11.3. The predicted octanol–water partition coefficient (Wildman–Crippen LogP) is 1.42. The molecule has 0 unspecified atom stereocenters. The molecule has 0 aliphatic rings. The number of rotatable bonds is 4. The fourth-order valence-electron chi connectivity index (χ4n) is 1.14. The first-order valence-electron chi connectivity index (χ1n) is 4.85. The smallest absolute Gasteiger partial charge is 0.166 e. The standard InChI is InChI=1S/C11H17N3O/c1-8(12)4-3-5-9-6-10(15-2)11(13)14-7-9/h3,5-8H,4,12H2,1-2H3,(H2,13,14)/b5-3+/t8-/m0/s1. The summed E-state index contributed by atoms with van der Waals surface area (Å²) in [5.74, 6) is 1.000. The Morgan fingerprint density at radius 3 is 2.93 bits per heavy atom. The minimum absolute atomic E-state index is 0.171. The van der Waals surface area contributed by atoms with Crippen molar-refractivity contribution < 1.29 is 4.74 Å². The van der Waals surface area contributed by atoms with Gasteiger partial charge in [-0.2, -0.15) is 0 Å². The van der Waals surface area contributed by atoms with Gasteiger partial charge in [-0.05, 0) is 25.0 Å². The Hall–Kier alpha value is -1.55.